The summed E-state index contributed by atoms with van der Waals surface area (Å²) in [5.74, 6) is 0. The van der Waals surface area contributed by atoms with Crippen LogP contribution in [0.3, 0.4) is 0 Å². The van der Waals surface area contributed by atoms with Gasteiger partial charge < -0.3 is 5.11 Å². The van der Waals surface area contributed by atoms with Crippen LogP contribution in [0.1, 0.15) is 0 Å². The van der Waals surface area contributed by atoms with Gasteiger partial charge in [0.1, 0.15) is 0 Å². The van der Waals surface area contributed by atoms with Gasteiger partial charge in [0.25, 0.3) is 0 Å². The first kappa shape index (κ1) is 5.20. The van der Waals surface area contributed by atoms with Crippen LogP contribution in [0.2, 0.25) is 0 Å². The SMILES string of the molecule is NSC(O)=S. The monoisotopic (exact) mass is 109 g/mol. The van der Waals surface area contributed by atoms with E-state index >= 15 is 0 Å². The minimum absolute atomic E-state index is 0.218. The molecule has 0 saturated carbocycles. The Labute approximate surface area is 39.5 Å². The highest BCUT2D eigenvalue weighted by Crippen LogP contribution is 1.83. The molecule has 5 heavy (non-hydrogen) atoms. The van der Waals surface area contributed by atoms with Gasteiger partial charge in [-0.25, -0.2) is 0 Å². The van der Waals surface area contributed by atoms with Crippen LogP contribution in [0.25, 0.3) is 0 Å². The van der Waals surface area contributed by atoms with Crippen LogP contribution in [0, 0.1) is 0 Å². The molecule has 0 aromatic rings. The predicted molar refractivity (Wildman–Crippen MR) is 27.0 cm³/mol. The molecule has 0 amide bonds. The van der Waals surface area contributed by atoms with E-state index in [1.165, 1.54) is 0 Å². The molecular formula is CH3NOS2. The van der Waals surface area contributed by atoms with Crippen molar-refractivity contribution in [1.29, 1.82) is 0 Å². The normalized spacial score (nSPS) is 7.40. The number of hydrogen-bond donors (Lipinski definition) is 2. The molecule has 0 atom stereocenters. The minimum Gasteiger partial charge on any atom is -0.493 e. The second kappa shape index (κ2) is 2.44. The van der Waals surface area contributed by atoms with Crippen LogP contribution in [0.4, 0.5) is 0 Å². The quantitative estimate of drug-likeness (QED) is 0.350. The van der Waals surface area contributed by atoms with E-state index in [1.54, 1.807) is 0 Å². The summed E-state index contributed by atoms with van der Waals surface area (Å²) in [6.07, 6.45) is 0. The maximum absolute atomic E-state index is 7.93. The largest absolute Gasteiger partial charge is 0.493 e. The zero-order chi connectivity index (χ0) is 4.28. The zero-order valence-electron chi connectivity index (χ0n) is 2.34. The van der Waals surface area contributed by atoms with Gasteiger partial charge in [0.2, 0.25) is 4.38 Å². The molecule has 0 aliphatic rings. The molecule has 30 valence electrons. The lowest BCUT2D eigenvalue weighted by Gasteiger charge is -1.76. The molecule has 0 bridgehead atoms. The van der Waals surface area contributed by atoms with Crippen LogP contribution < -0.4 is 5.14 Å². The predicted octanol–water partition coefficient (Wildman–Crippen LogP) is 0.436. The van der Waals surface area contributed by atoms with Gasteiger partial charge in [-0.2, -0.15) is 0 Å². The number of rotatable bonds is 0. The fraction of sp³-hybridized carbons (Fsp3) is 0. The molecule has 0 aliphatic carbocycles. The van der Waals surface area contributed by atoms with Crippen LogP contribution >= 0.6 is 24.2 Å². The van der Waals surface area contributed by atoms with Crippen molar-refractivity contribution in [2.45, 2.75) is 0 Å². The zero-order valence-corrected chi connectivity index (χ0v) is 3.97. The maximum atomic E-state index is 7.93. The van der Waals surface area contributed by atoms with Gasteiger partial charge in [-0.05, 0) is 12.2 Å². The van der Waals surface area contributed by atoms with Crippen molar-refractivity contribution in [3.05, 3.63) is 0 Å². The number of aliphatic hydroxyl groups is 1. The second-order valence-electron chi connectivity index (χ2n) is 0.384. The molecule has 0 saturated heterocycles. The number of thiocarbonyl (C=S) groups is 1. The Hall–Kier alpha value is 0.200. The van der Waals surface area contributed by atoms with Gasteiger partial charge in [-0.15, -0.1) is 0 Å². The van der Waals surface area contributed by atoms with E-state index in [0.29, 0.717) is 11.9 Å². The van der Waals surface area contributed by atoms with Gasteiger partial charge >= 0.3 is 0 Å². The lowest BCUT2D eigenvalue weighted by atomic mass is 11.7. The molecule has 2 nitrogen and oxygen atoms in total. The van der Waals surface area contributed by atoms with Gasteiger partial charge in [0.15, 0.2) is 0 Å². The Morgan fingerprint density at radius 2 is 2.20 bits per heavy atom. The Balaban J connectivity index is 2.85. The summed E-state index contributed by atoms with van der Waals surface area (Å²) in [6, 6.07) is 0. The van der Waals surface area contributed by atoms with Crippen molar-refractivity contribution in [3.63, 3.8) is 0 Å². The van der Waals surface area contributed by atoms with Crippen LogP contribution in [-0.2, 0) is 0 Å². The molecule has 0 aromatic carbocycles. The average molecular weight is 109 g/mol. The highest BCUT2D eigenvalue weighted by molar-refractivity contribution is 8.21. The number of nitrogens with two attached hydrogens (primary N) is 1. The molecule has 0 spiro atoms. The molecule has 0 aliphatic heterocycles. The fourth-order valence-corrected chi connectivity index (χ4v) is 0. The minimum atomic E-state index is -0.218. The standard InChI is InChI=1S/CH3NOS2/c2-5-1(3)4/h2H2,(H,3,4). The maximum Gasteiger partial charge on any atom is 0.232 e. The Kier molecular flexibility index (Phi) is 2.54. The van der Waals surface area contributed by atoms with E-state index in [4.69, 9.17) is 10.2 Å². The molecule has 4 heteroatoms. The summed E-state index contributed by atoms with van der Waals surface area (Å²) >= 11 is 4.76. The van der Waals surface area contributed by atoms with Crippen molar-refractivity contribution in [3.8, 4) is 0 Å². The molecule has 0 unspecified atom stereocenters. The molecule has 0 rings (SSSR count). The van der Waals surface area contributed by atoms with Crippen molar-refractivity contribution in [1.82, 2.24) is 0 Å². The van der Waals surface area contributed by atoms with Gasteiger partial charge in [0, 0.05) is 11.9 Å². The molecule has 3 N–H and O–H groups in total. The van der Waals surface area contributed by atoms with E-state index in [9.17, 15) is 0 Å². The third-order valence-corrected chi connectivity index (χ3v) is 0.591. The molecule has 0 fully saturated rings. The third-order valence-electron chi connectivity index (χ3n) is 0.101. The third kappa shape index (κ3) is 4.20. The molecule has 0 heterocycles. The first-order valence-electron chi connectivity index (χ1n) is 0.868. The molecule has 0 radical (unpaired) electrons. The average Bonchev–Trinajstić information content (AvgIpc) is 1.38. The highest BCUT2D eigenvalue weighted by Gasteiger charge is 1.75. The Morgan fingerprint density at radius 3 is 2.20 bits per heavy atom. The first-order chi connectivity index (χ1) is 2.27. The Morgan fingerprint density at radius 1 is 2.00 bits per heavy atom. The highest BCUT2D eigenvalue weighted by atomic mass is 32.2. The summed E-state index contributed by atoms with van der Waals surface area (Å²) in [4.78, 5) is 0. The molecular weight excluding hydrogens is 106 g/mol. The van der Waals surface area contributed by atoms with E-state index in [-0.39, 0.29) is 4.38 Å². The number of aliphatic hydroxyl groups excluding tert-OH is 1. The van der Waals surface area contributed by atoms with E-state index < -0.39 is 0 Å². The summed E-state index contributed by atoms with van der Waals surface area (Å²) in [5, 5.41) is 12.6. The summed E-state index contributed by atoms with van der Waals surface area (Å²) in [6.45, 7) is 0. The lowest BCUT2D eigenvalue weighted by molar-refractivity contribution is 0.585. The Bertz CT molecular complexity index is 44.9. The lowest BCUT2D eigenvalue weighted by Crippen LogP contribution is -1.86. The van der Waals surface area contributed by atoms with Crippen molar-refractivity contribution < 1.29 is 5.11 Å². The first-order valence-corrected chi connectivity index (χ1v) is 2.16. The van der Waals surface area contributed by atoms with E-state index in [0.717, 1.165) is 0 Å². The van der Waals surface area contributed by atoms with Crippen molar-refractivity contribution in [2.24, 2.45) is 5.14 Å². The topological polar surface area (TPSA) is 46.2 Å². The fourth-order valence-electron chi connectivity index (χ4n) is 0. The van der Waals surface area contributed by atoms with Gasteiger partial charge in [0.05, 0.1) is 0 Å². The van der Waals surface area contributed by atoms with Crippen molar-refractivity contribution in [2.75, 3.05) is 0 Å². The summed E-state index contributed by atoms with van der Waals surface area (Å²) in [7, 11) is 0. The van der Waals surface area contributed by atoms with Gasteiger partial charge in [-0.3, -0.25) is 5.14 Å². The van der Waals surface area contributed by atoms with Crippen molar-refractivity contribution >= 4 is 28.5 Å². The smallest absolute Gasteiger partial charge is 0.232 e. The van der Waals surface area contributed by atoms with Gasteiger partial charge in [-0.1, -0.05) is 0 Å². The molecule has 0 aromatic heterocycles. The van der Waals surface area contributed by atoms with Crippen LogP contribution in [0.5, 0.6) is 0 Å². The second-order valence-corrected chi connectivity index (χ2v) is 1.65. The number of hydrogen-bond acceptors (Lipinski definition) is 3. The van der Waals surface area contributed by atoms with Crippen LogP contribution in [0.15, 0.2) is 0 Å². The summed E-state index contributed by atoms with van der Waals surface area (Å²) < 4.78 is -0.218. The van der Waals surface area contributed by atoms with E-state index in [1.807, 2.05) is 0 Å². The van der Waals surface area contributed by atoms with E-state index in [2.05, 4.69) is 12.2 Å². The summed E-state index contributed by atoms with van der Waals surface area (Å²) in [5.41, 5.74) is 0. The van der Waals surface area contributed by atoms with Crippen LogP contribution in [-0.4, -0.2) is 9.49 Å².